The lowest BCUT2D eigenvalue weighted by Crippen LogP contribution is -2.27. The maximum Gasteiger partial charge on any atom is 0.264 e. The molecule has 0 saturated carbocycles. The largest absolute Gasteiger partial charge is 0.497 e. The maximum atomic E-state index is 13.1. The highest BCUT2D eigenvalue weighted by atomic mass is 35.5. The Labute approximate surface area is 174 Å². The van der Waals surface area contributed by atoms with E-state index in [4.69, 9.17) is 16.3 Å². The Morgan fingerprint density at radius 3 is 2.28 bits per heavy atom. The number of ether oxygens (including phenoxy) is 1. The highest BCUT2D eigenvalue weighted by Gasteiger charge is 2.24. The number of carbonyl (C=O) groups is 1. The van der Waals surface area contributed by atoms with Crippen LogP contribution < -0.4 is 14.4 Å². The average Bonchev–Trinajstić information content (AvgIpc) is 2.74. The standard InChI is InChI=1S/C21H19ClN2O4S/c1-24(16-8-10-17(28-2)11-9-16)29(26,27)18-12-13-20(22)19(14-18)21(25)23-15-6-4-3-5-7-15/h3-14H,1-2H3,(H,23,25). The summed E-state index contributed by atoms with van der Waals surface area (Å²) in [5, 5.41) is 2.86. The van der Waals surface area contributed by atoms with E-state index < -0.39 is 15.9 Å². The average molecular weight is 431 g/mol. The molecular formula is C21H19ClN2O4S. The van der Waals surface area contributed by atoms with Crippen LogP contribution in [0.1, 0.15) is 10.4 Å². The zero-order valence-electron chi connectivity index (χ0n) is 15.8. The minimum Gasteiger partial charge on any atom is -0.497 e. The predicted molar refractivity (Wildman–Crippen MR) is 114 cm³/mol. The molecule has 0 unspecified atom stereocenters. The SMILES string of the molecule is COc1ccc(N(C)S(=O)(=O)c2ccc(Cl)c(C(=O)Nc3ccccc3)c2)cc1. The number of hydrogen-bond donors (Lipinski definition) is 1. The molecular weight excluding hydrogens is 412 g/mol. The Morgan fingerprint density at radius 1 is 1.00 bits per heavy atom. The summed E-state index contributed by atoms with van der Waals surface area (Å²) in [7, 11) is -0.930. The number of rotatable bonds is 6. The van der Waals surface area contributed by atoms with Gasteiger partial charge in [0, 0.05) is 12.7 Å². The molecule has 29 heavy (non-hydrogen) atoms. The molecule has 0 spiro atoms. The van der Waals surface area contributed by atoms with Crippen LogP contribution in [0.15, 0.2) is 77.7 Å². The summed E-state index contributed by atoms with van der Waals surface area (Å²) in [6.07, 6.45) is 0. The molecule has 0 saturated heterocycles. The summed E-state index contributed by atoms with van der Waals surface area (Å²) in [5.41, 5.74) is 1.10. The van der Waals surface area contributed by atoms with Crippen LogP contribution in [0.25, 0.3) is 0 Å². The maximum absolute atomic E-state index is 13.1. The second kappa shape index (κ2) is 8.55. The summed E-state index contributed by atoms with van der Waals surface area (Å²) in [4.78, 5) is 12.6. The molecule has 0 aliphatic carbocycles. The van der Waals surface area contributed by atoms with Gasteiger partial charge in [-0.05, 0) is 54.6 Å². The fourth-order valence-corrected chi connectivity index (χ4v) is 4.07. The van der Waals surface area contributed by atoms with E-state index in [2.05, 4.69) is 5.32 Å². The Bertz CT molecular complexity index is 1120. The monoisotopic (exact) mass is 430 g/mol. The first-order valence-electron chi connectivity index (χ1n) is 8.62. The van der Waals surface area contributed by atoms with Gasteiger partial charge in [-0.1, -0.05) is 29.8 Å². The molecule has 3 rings (SSSR count). The highest BCUT2D eigenvalue weighted by molar-refractivity contribution is 7.92. The quantitative estimate of drug-likeness (QED) is 0.627. The van der Waals surface area contributed by atoms with Gasteiger partial charge >= 0.3 is 0 Å². The van der Waals surface area contributed by atoms with E-state index in [0.29, 0.717) is 17.1 Å². The van der Waals surface area contributed by atoms with Crippen molar-refractivity contribution in [3.8, 4) is 5.75 Å². The third-order valence-corrected chi connectivity index (χ3v) is 6.42. The number of benzene rings is 3. The molecule has 3 aromatic carbocycles. The Morgan fingerprint density at radius 2 is 1.66 bits per heavy atom. The van der Waals surface area contributed by atoms with Crippen LogP contribution in [0.5, 0.6) is 5.75 Å². The third-order valence-electron chi connectivity index (χ3n) is 4.31. The number of nitrogens with zero attached hydrogens (tertiary/aromatic N) is 1. The fourth-order valence-electron chi connectivity index (χ4n) is 2.65. The molecule has 0 aromatic heterocycles. The van der Waals surface area contributed by atoms with Gasteiger partial charge in [-0.25, -0.2) is 8.42 Å². The van der Waals surface area contributed by atoms with Crippen LogP contribution in [0.4, 0.5) is 11.4 Å². The normalized spacial score (nSPS) is 11.0. The summed E-state index contributed by atoms with van der Waals surface area (Å²) >= 11 is 6.15. The molecule has 1 N–H and O–H groups in total. The van der Waals surface area contributed by atoms with E-state index in [1.54, 1.807) is 48.5 Å². The van der Waals surface area contributed by atoms with Gasteiger partial charge < -0.3 is 10.1 Å². The van der Waals surface area contributed by atoms with Gasteiger partial charge in [-0.3, -0.25) is 9.10 Å². The van der Waals surface area contributed by atoms with Crippen molar-refractivity contribution in [1.82, 2.24) is 0 Å². The number of hydrogen-bond acceptors (Lipinski definition) is 4. The highest BCUT2D eigenvalue weighted by Crippen LogP contribution is 2.27. The smallest absolute Gasteiger partial charge is 0.264 e. The Kier molecular flexibility index (Phi) is 6.10. The topological polar surface area (TPSA) is 75.7 Å². The van der Waals surface area contributed by atoms with E-state index in [1.807, 2.05) is 6.07 Å². The van der Waals surface area contributed by atoms with Crippen LogP contribution in [-0.2, 0) is 10.0 Å². The van der Waals surface area contributed by atoms with Crippen molar-refractivity contribution in [3.05, 3.63) is 83.4 Å². The lowest BCUT2D eigenvalue weighted by atomic mass is 10.2. The van der Waals surface area contributed by atoms with E-state index in [0.717, 1.165) is 4.31 Å². The van der Waals surface area contributed by atoms with Gasteiger partial charge in [0.05, 0.1) is 28.3 Å². The number of anilines is 2. The predicted octanol–water partition coefficient (Wildman–Crippen LogP) is 4.43. The molecule has 8 heteroatoms. The van der Waals surface area contributed by atoms with Crippen LogP contribution in [0.2, 0.25) is 5.02 Å². The number of methoxy groups -OCH3 is 1. The van der Waals surface area contributed by atoms with E-state index >= 15 is 0 Å². The molecule has 0 fully saturated rings. The lowest BCUT2D eigenvalue weighted by molar-refractivity contribution is 0.102. The van der Waals surface area contributed by atoms with Crippen molar-refractivity contribution in [3.63, 3.8) is 0 Å². The summed E-state index contributed by atoms with van der Waals surface area (Å²) in [6.45, 7) is 0. The molecule has 0 aliphatic heterocycles. The fraction of sp³-hybridized carbons (Fsp3) is 0.0952. The number of amides is 1. The zero-order valence-corrected chi connectivity index (χ0v) is 17.4. The van der Waals surface area contributed by atoms with E-state index in [9.17, 15) is 13.2 Å². The van der Waals surface area contributed by atoms with Crippen molar-refractivity contribution in [2.75, 3.05) is 23.8 Å². The van der Waals surface area contributed by atoms with Crippen LogP contribution in [0, 0.1) is 0 Å². The van der Waals surface area contributed by atoms with Gasteiger partial charge in [0.25, 0.3) is 15.9 Å². The molecule has 150 valence electrons. The lowest BCUT2D eigenvalue weighted by Gasteiger charge is -2.20. The first-order chi connectivity index (χ1) is 13.8. The van der Waals surface area contributed by atoms with Crippen molar-refractivity contribution < 1.29 is 17.9 Å². The number of sulfonamides is 1. The minimum atomic E-state index is -3.90. The summed E-state index contributed by atoms with van der Waals surface area (Å²) in [5.74, 6) is 0.122. The summed E-state index contributed by atoms with van der Waals surface area (Å²) < 4.78 is 32.3. The van der Waals surface area contributed by atoms with Gasteiger partial charge in [0.2, 0.25) is 0 Å². The Balaban J connectivity index is 1.91. The Hall–Kier alpha value is -3.03. The van der Waals surface area contributed by atoms with Crippen molar-refractivity contribution >= 4 is 38.9 Å². The number of para-hydroxylation sites is 1. The van der Waals surface area contributed by atoms with Gasteiger partial charge in [0.1, 0.15) is 5.75 Å². The van der Waals surface area contributed by atoms with E-state index in [-0.39, 0.29) is 15.5 Å². The molecule has 6 nitrogen and oxygen atoms in total. The van der Waals surface area contributed by atoms with Crippen LogP contribution in [-0.4, -0.2) is 28.5 Å². The second-order valence-electron chi connectivity index (χ2n) is 6.13. The van der Waals surface area contributed by atoms with Crippen molar-refractivity contribution in [1.29, 1.82) is 0 Å². The zero-order chi connectivity index (χ0) is 21.0. The number of nitrogens with one attached hydrogen (secondary N) is 1. The van der Waals surface area contributed by atoms with Gasteiger partial charge in [-0.15, -0.1) is 0 Å². The second-order valence-corrected chi connectivity index (χ2v) is 8.51. The van der Waals surface area contributed by atoms with E-state index in [1.165, 1.54) is 32.4 Å². The number of carbonyl (C=O) groups excluding carboxylic acids is 1. The summed E-state index contributed by atoms with van der Waals surface area (Å²) in [6, 6.07) is 19.5. The molecule has 0 heterocycles. The van der Waals surface area contributed by atoms with Crippen LogP contribution >= 0.6 is 11.6 Å². The molecule has 1 amide bonds. The van der Waals surface area contributed by atoms with Crippen LogP contribution in [0.3, 0.4) is 0 Å². The minimum absolute atomic E-state index is 0.0431. The van der Waals surface area contributed by atoms with Crippen molar-refractivity contribution in [2.24, 2.45) is 0 Å². The molecule has 0 bridgehead atoms. The first kappa shape index (κ1) is 20.7. The van der Waals surface area contributed by atoms with Gasteiger partial charge in [-0.2, -0.15) is 0 Å². The van der Waals surface area contributed by atoms with Gasteiger partial charge in [0.15, 0.2) is 0 Å². The first-order valence-corrected chi connectivity index (χ1v) is 10.4. The molecule has 0 aliphatic rings. The third kappa shape index (κ3) is 4.52. The number of halogens is 1. The molecule has 3 aromatic rings. The van der Waals surface area contributed by atoms with Crippen molar-refractivity contribution in [2.45, 2.75) is 4.90 Å². The molecule has 0 radical (unpaired) electrons. The molecule has 0 atom stereocenters.